The lowest BCUT2D eigenvalue weighted by Crippen LogP contribution is -2.43. The Bertz CT molecular complexity index is 1400. The molecular weight excluding hydrogens is 470 g/mol. The average molecular weight is 494 g/mol. The Morgan fingerprint density at radius 1 is 1.06 bits per heavy atom. The van der Waals surface area contributed by atoms with Crippen LogP contribution in [0.25, 0.3) is 0 Å². The van der Waals surface area contributed by atoms with Crippen molar-refractivity contribution in [2.24, 2.45) is 4.40 Å². The molecule has 0 radical (unpaired) electrons. The SMILES string of the molecule is CC(C(=O)Nc1ccc(NC(=O)[C@@H]2CCCN2C2=NS(=O)(=O)c3ccccc32)cc1)n1cncn1. The number of rotatable bonds is 5. The first kappa shape index (κ1) is 22.7. The molecule has 180 valence electrons. The predicted octanol–water partition coefficient (Wildman–Crippen LogP) is 2.03. The molecule has 2 amide bonds. The molecule has 0 spiro atoms. The Morgan fingerprint density at radius 3 is 2.49 bits per heavy atom. The van der Waals surface area contributed by atoms with Crippen LogP contribution in [0.15, 0.2) is 70.5 Å². The third-order valence-corrected chi connectivity index (χ3v) is 7.40. The van der Waals surface area contributed by atoms with Gasteiger partial charge in [0.2, 0.25) is 11.8 Å². The molecule has 0 aliphatic carbocycles. The van der Waals surface area contributed by atoms with Gasteiger partial charge in [-0.3, -0.25) is 9.59 Å². The topological polar surface area (TPSA) is 139 Å². The van der Waals surface area contributed by atoms with Crippen molar-refractivity contribution in [1.82, 2.24) is 19.7 Å². The minimum atomic E-state index is -3.76. The highest BCUT2D eigenvalue weighted by molar-refractivity contribution is 7.90. The summed E-state index contributed by atoms with van der Waals surface area (Å²) in [5.74, 6) is -0.178. The molecule has 2 atom stereocenters. The van der Waals surface area contributed by atoms with Crippen molar-refractivity contribution in [3.05, 3.63) is 66.7 Å². The molecule has 1 aromatic heterocycles. The van der Waals surface area contributed by atoms with Crippen LogP contribution in [0.1, 0.15) is 31.4 Å². The molecule has 1 unspecified atom stereocenters. The van der Waals surface area contributed by atoms with Gasteiger partial charge in [0.25, 0.3) is 10.0 Å². The van der Waals surface area contributed by atoms with Gasteiger partial charge in [0, 0.05) is 23.5 Å². The monoisotopic (exact) mass is 493 g/mol. The Hall–Kier alpha value is -4.06. The molecule has 0 bridgehead atoms. The van der Waals surface area contributed by atoms with Crippen molar-refractivity contribution in [3.8, 4) is 0 Å². The fourth-order valence-electron chi connectivity index (χ4n) is 4.24. The summed E-state index contributed by atoms with van der Waals surface area (Å²) in [6.45, 7) is 2.25. The van der Waals surface area contributed by atoms with Gasteiger partial charge in [-0.1, -0.05) is 12.1 Å². The number of nitrogens with one attached hydrogen (secondary N) is 2. The van der Waals surface area contributed by atoms with E-state index in [9.17, 15) is 18.0 Å². The maximum absolute atomic E-state index is 13.1. The highest BCUT2D eigenvalue weighted by Crippen LogP contribution is 2.31. The number of amides is 2. The van der Waals surface area contributed by atoms with Crippen molar-refractivity contribution in [2.45, 2.75) is 36.7 Å². The molecule has 11 nitrogen and oxygen atoms in total. The van der Waals surface area contributed by atoms with Crippen LogP contribution in [-0.2, 0) is 19.6 Å². The number of carbonyl (C=O) groups is 2. The molecule has 1 fully saturated rings. The first-order valence-corrected chi connectivity index (χ1v) is 12.5. The lowest BCUT2D eigenvalue weighted by atomic mass is 10.1. The highest BCUT2D eigenvalue weighted by atomic mass is 32.2. The van der Waals surface area contributed by atoms with E-state index in [1.807, 2.05) is 0 Å². The molecule has 2 N–H and O–H groups in total. The van der Waals surface area contributed by atoms with Gasteiger partial charge in [0.1, 0.15) is 29.6 Å². The van der Waals surface area contributed by atoms with Gasteiger partial charge in [0.05, 0.1) is 0 Å². The largest absolute Gasteiger partial charge is 0.343 e. The molecule has 1 saturated heterocycles. The Balaban J connectivity index is 1.26. The number of benzene rings is 2. The third kappa shape index (κ3) is 4.39. The zero-order valence-corrected chi connectivity index (χ0v) is 19.6. The van der Waals surface area contributed by atoms with Crippen LogP contribution in [0, 0.1) is 0 Å². The Kier molecular flexibility index (Phi) is 5.81. The molecule has 3 aromatic rings. The summed E-state index contributed by atoms with van der Waals surface area (Å²) in [6, 6.07) is 12.4. The van der Waals surface area contributed by atoms with Gasteiger partial charge in [-0.05, 0) is 56.2 Å². The second-order valence-corrected chi connectivity index (χ2v) is 9.92. The van der Waals surface area contributed by atoms with E-state index < -0.39 is 22.1 Å². The quantitative estimate of drug-likeness (QED) is 0.554. The van der Waals surface area contributed by atoms with Gasteiger partial charge >= 0.3 is 0 Å². The van der Waals surface area contributed by atoms with Crippen molar-refractivity contribution in [1.29, 1.82) is 0 Å². The lowest BCUT2D eigenvalue weighted by molar-refractivity contribution is -0.120. The summed E-state index contributed by atoms with van der Waals surface area (Å²) in [5.41, 5.74) is 1.66. The summed E-state index contributed by atoms with van der Waals surface area (Å²) in [6.07, 6.45) is 4.17. The number of amidine groups is 1. The van der Waals surface area contributed by atoms with Crippen LogP contribution >= 0.6 is 0 Å². The second-order valence-electron chi connectivity index (χ2n) is 8.34. The summed E-state index contributed by atoms with van der Waals surface area (Å²) < 4.78 is 30.3. The van der Waals surface area contributed by atoms with Crippen molar-refractivity contribution in [2.75, 3.05) is 17.2 Å². The molecule has 2 aliphatic heterocycles. The van der Waals surface area contributed by atoms with E-state index >= 15 is 0 Å². The minimum absolute atomic E-state index is 0.164. The van der Waals surface area contributed by atoms with Gasteiger partial charge < -0.3 is 15.5 Å². The van der Waals surface area contributed by atoms with E-state index in [1.54, 1.807) is 54.3 Å². The van der Waals surface area contributed by atoms with Gasteiger partial charge in [0.15, 0.2) is 5.84 Å². The van der Waals surface area contributed by atoms with Crippen molar-refractivity contribution < 1.29 is 18.0 Å². The standard InChI is InChI=1S/C23H23N7O4S/c1-15(30-14-24-13-25-30)22(31)26-16-8-10-17(11-9-16)27-23(32)19-6-4-12-29(19)21-18-5-2-3-7-20(18)35(33,34)28-21/h2-3,5,7-11,13-15,19H,4,6,12H2,1H3,(H,26,31)(H,27,32)/t15?,19-/m0/s1. The molecule has 12 heteroatoms. The number of hydrogen-bond acceptors (Lipinski definition) is 7. The maximum Gasteiger partial charge on any atom is 0.285 e. The maximum atomic E-state index is 13.1. The molecule has 2 aromatic carbocycles. The zero-order chi connectivity index (χ0) is 24.6. The van der Waals surface area contributed by atoms with E-state index in [0.29, 0.717) is 35.7 Å². The number of carbonyl (C=O) groups excluding carboxylic acids is 2. The Labute approximate surface area is 201 Å². The Morgan fingerprint density at radius 2 is 1.77 bits per heavy atom. The summed E-state index contributed by atoms with van der Waals surface area (Å²) in [5, 5.41) is 9.66. The third-order valence-electron chi connectivity index (χ3n) is 6.07. The zero-order valence-electron chi connectivity index (χ0n) is 18.8. The normalized spacial score (nSPS) is 19.1. The van der Waals surface area contributed by atoms with Crippen LogP contribution < -0.4 is 10.6 Å². The number of likely N-dealkylation sites (tertiary alicyclic amines) is 1. The predicted molar refractivity (Wildman–Crippen MR) is 128 cm³/mol. The summed E-state index contributed by atoms with van der Waals surface area (Å²) in [7, 11) is -3.76. The highest BCUT2D eigenvalue weighted by Gasteiger charge is 2.39. The summed E-state index contributed by atoms with van der Waals surface area (Å²) >= 11 is 0. The smallest absolute Gasteiger partial charge is 0.285 e. The van der Waals surface area contributed by atoms with Crippen molar-refractivity contribution >= 4 is 39.0 Å². The first-order chi connectivity index (χ1) is 16.8. The van der Waals surface area contributed by atoms with Crippen LogP contribution in [-0.4, -0.2) is 58.3 Å². The van der Waals surface area contributed by atoms with Crippen LogP contribution in [0.3, 0.4) is 0 Å². The van der Waals surface area contributed by atoms with Crippen LogP contribution in [0.2, 0.25) is 0 Å². The van der Waals surface area contributed by atoms with E-state index in [1.165, 1.54) is 23.4 Å². The van der Waals surface area contributed by atoms with E-state index in [4.69, 9.17) is 0 Å². The second kappa shape index (κ2) is 8.95. The van der Waals surface area contributed by atoms with Crippen molar-refractivity contribution in [3.63, 3.8) is 0 Å². The number of sulfonamides is 1. The van der Waals surface area contributed by atoms with Crippen LogP contribution in [0.5, 0.6) is 0 Å². The lowest BCUT2D eigenvalue weighted by Gasteiger charge is -2.25. The summed E-state index contributed by atoms with van der Waals surface area (Å²) in [4.78, 5) is 31.3. The first-order valence-electron chi connectivity index (χ1n) is 11.1. The minimum Gasteiger partial charge on any atom is -0.343 e. The molecule has 2 aliphatic rings. The fourth-order valence-corrected chi connectivity index (χ4v) is 5.45. The average Bonchev–Trinajstić information content (AvgIpc) is 3.60. The van der Waals surface area contributed by atoms with Gasteiger partial charge in [-0.25, -0.2) is 9.67 Å². The van der Waals surface area contributed by atoms with E-state index in [-0.39, 0.29) is 16.7 Å². The molecule has 5 rings (SSSR count). The number of hydrogen-bond donors (Lipinski definition) is 2. The molecular formula is C23H23N7O4S. The van der Waals surface area contributed by atoms with E-state index in [0.717, 1.165) is 6.42 Å². The number of aromatic nitrogens is 3. The van der Waals surface area contributed by atoms with Crippen LogP contribution in [0.4, 0.5) is 11.4 Å². The molecule has 35 heavy (non-hydrogen) atoms. The molecule has 0 saturated carbocycles. The van der Waals surface area contributed by atoms with Gasteiger partial charge in [-0.15, -0.1) is 4.40 Å². The number of nitrogens with zero attached hydrogens (tertiary/aromatic N) is 5. The van der Waals surface area contributed by atoms with E-state index in [2.05, 4.69) is 25.1 Å². The number of fused-ring (bicyclic) bond motifs is 1. The van der Waals surface area contributed by atoms with Gasteiger partial charge in [-0.2, -0.15) is 13.5 Å². The number of anilines is 2. The molecule has 3 heterocycles. The fraction of sp³-hybridized carbons (Fsp3) is 0.261.